The maximum absolute atomic E-state index is 12.5. The smallest absolute Gasteiger partial charge is 0.264 e. The predicted molar refractivity (Wildman–Crippen MR) is 118 cm³/mol. The van der Waals surface area contributed by atoms with Crippen LogP contribution in [0.1, 0.15) is 23.2 Å². The van der Waals surface area contributed by atoms with E-state index in [2.05, 4.69) is 20.0 Å². The number of hydrogen-bond acceptors (Lipinski definition) is 7. The highest BCUT2D eigenvalue weighted by atomic mass is 32.2. The Labute approximate surface area is 185 Å². The average molecular weight is 455 g/mol. The maximum Gasteiger partial charge on any atom is 0.264 e. The molecule has 0 spiro atoms. The van der Waals surface area contributed by atoms with Crippen molar-refractivity contribution < 1.29 is 22.7 Å². The van der Waals surface area contributed by atoms with E-state index in [9.17, 15) is 13.2 Å². The fourth-order valence-corrected chi connectivity index (χ4v) is 4.08. The van der Waals surface area contributed by atoms with Crippen LogP contribution in [0.15, 0.2) is 71.9 Å². The predicted octanol–water partition coefficient (Wildman–Crippen LogP) is 3.09. The van der Waals surface area contributed by atoms with Gasteiger partial charge in [-0.25, -0.2) is 23.1 Å². The van der Waals surface area contributed by atoms with Gasteiger partial charge in [-0.2, -0.15) is 0 Å². The van der Waals surface area contributed by atoms with E-state index in [1.54, 1.807) is 30.3 Å². The molecule has 32 heavy (non-hydrogen) atoms. The van der Waals surface area contributed by atoms with Gasteiger partial charge in [-0.05, 0) is 67.4 Å². The Morgan fingerprint density at radius 1 is 1.06 bits per heavy atom. The molecule has 4 rings (SSSR count). The molecule has 166 valence electrons. The Bertz CT molecular complexity index is 1150. The molecule has 1 atom stereocenters. The highest BCUT2D eigenvalue weighted by Gasteiger charge is 2.17. The quantitative estimate of drug-likeness (QED) is 0.537. The van der Waals surface area contributed by atoms with E-state index in [0.29, 0.717) is 23.6 Å². The Morgan fingerprint density at radius 3 is 2.44 bits per heavy atom. The summed E-state index contributed by atoms with van der Waals surface area (Å²) in [6.07, 6.45) is 5.05. The van der Waals surface area contributed by atoms with Crippen molar-refractivity contribution in [3.8, 4) is 5.75 Å². The first kappa shape index (κ1) is 21.7. The van der Waals surface area contributed by atoms with Gasteiger partial charge in [0.1, 0.15) is 12.4 Å². The number of aromatic nitrogens is 2. The van der Waals surface area contributed by atoms with Crippen molar-refractivity contribution in [3.63, 3.8) is 0 Å². The molecule has 0 unspecified atom stereocenters. The Morgan fingerprint density at radius 2 is 1.78 bits per heavy atom. The Balaban J connectivity index is 1.34. The second-order valence-electron chi connectivity index (χ2n) is 7.13. The van der Waals surface area contributed by atoms with Crippen LogP contribution in [0.3, 0.4) is 0 Å². The van der Waals surface area contributed by atoms with E-state index in [4.69, 9.17) is 9.47 Å². The van der Waals surface area contributed by atoms with Crippen LogP contribution in [0.5, 0.6) is 5.75 Å². The lowest BCUT2D eigenvalue weighted by molar-refractivity contribution is 0.0679. The van der Waals surface area contributed by atoms with Crippen LogP contribution in [0.2, 0.25) is 0 Å². The lowest BCUT2D eigenvalue weighted by Gasteiger charge is -2.12. The van der Waals surface area contributed by atoms with E-state index in [0.717, 1.165) is 19.4 Å². The number of nitrogens with one attached hydrogen (secondary N) is 2. The molecule has 9 nitrogen and oxygen atoms in total. The van der Waals surface area contributed by atoms with Gasteiger partial charge < -0.3 is 14.8 Å². The molecule has 0 bridgehead atoms. The highest BCUT2D eigenvalue weighted by molar-refractivity contribution is 7.92. The summed E-state index contributed by atoms with van der Waals surface area (Å²) in [6.45, 7) is 1.27. The zero-order valence-corrected chi connectivity index (χ0v) is 17.9. The van der Waals surface area contributed by atoms with Crippen molar-refractivity contribution in [1.29, 1.82) is 0 Å². The zero-order chi connectivity index (χ0) is 22.4. The van der Waals surface area contributed by atoms with Gasteiger partial charge in [0.15, 0.2) is 0 Å². The van der Waals surface area contributed by atoms with E-state index in [1.165, 1.54) is 36.7 Å². The molecule has 3 aromatic rings. The number of sulfonamides is 1. The topological polar surface area (TPSA) is 120 Å². The largest absolute Gasteiger partial charge is 0.491 e. The number of carbonyl (C=O) groups is 1. The second-order valence-corrected chi connectivity index (χ2v) is 8.81. The Hall–Kier alpha value is -3.50. The summed E-state index contributed by atoms with van der Waals surface area (Å²) in [5.41, 5.74) is 0.915. The maximum atomic E-state index is 12.5. The summed E-state index contributed by atoms with van der Waals surface area (Å²) in [6, 6.07) is 14.2. The second kappa shape index (κ2) is 9.75. The van der Waals surface area contributed by atoms with E-state index in [-0.39, 0.29) is 22.9 Å². The molecule has 2 heterocycles. The van der Waals surface area contributed by atoms with Crippen molar-refractivity contribution in [2.75, 3.05) is 23.3 Å². The van der Waals surface area contributed by atoms with E-state index < -0.39 is 10.0 Å². The first-order chi connectivity index (χ1) is 15.5. The van der Waals surface area contributed by atoms with Crippen LogP contribution in [0, 0.1) is 0 Å². The molecule has 1 saturated heterocycles. The summed E-state index contributed by atoms with van der Waals surface area (Å²) in [4.78, 5) is 20.2. The van der Waals surface area contributed by atoms with Crippen molar-refractivity contribution >= 4 is 27.6 Å². The van der Waals surface area contributed by atoms with Crippen molar-refractivity contribution in [2.45, 2.75) is 23.8 Å². The molecule has 1 amide bonds. The standard InChI is InChI=1S/C22H22N4O5S/c27-21(16-4-8-18(9-5-16)31-15-19-3-1-14-30-19)25-17-6-10-20(11-7-17)32(28,29)26-22-23-12-2-13-24-22/h2,4-13,19H,1,3,14-15H2,(H,25,27)(H,23,24,26)/t19-/m1/s1. The first-order valence-electron chi connectivity index (χ1n) is 10.1. The van der Waals surface area contributed by atoms with E-state index >= 15 is 0 Å². The van der Waals surface area contributed by atoms with E-state index in [1.807, 2.05) is 0 Å². The molecule has 10 heteroatoms. The Kier molecular flexibility index (Phi) is 6.62. The minimum atomic E-state index is -3.84. The van der Waals surface area contributed by atoms with Gasteiger partial charge in [0, 0.05) is 30.3 Å². The lowest BCUT2D eigenvalue weighted by atomic mass is 10.2. The third-order valence-electron chi connectivity index (χ3n) is 4.79. The highest BCUT2D eigenvalue weighted by Crippen LogP contribution is 2.19. The van der Waals surface area contributed by atoms with Crippen LogP contribution in [0.25, 0.3) is 0 Å². The first-order valence-corrected chi connectivity index (χ1v) is 11.5. The van der Waals surface area contributed by atoms with Gasteiger partial charge in [-0.3, -0.25) is 4.79 Å². The van der Waals surface area contributed by atoms with Crippen LogP contribution in [-0.2, 0) is 14.8 Å². The van der Waals surface area contributed by atoms with Crippen LogP contribution in [0.4, 0.5) is 11.6 Å². The van der Waals surface area contributed by atoms with Gasteiger partial charge in [0.05, 0.1) is 11.0 Å². The van der Waals surface area contributed by atoms with Crippen molar-refractivity contribution in [3.05, 3.63) is 72.6 Å². The summed E-state index contributed by atoms with van der Waals surface area (Å²) in [7, 11) is -3.84. The zero-order valence-electron chi connectivity index (χ0n) is 17.1. The molecule has 1 aliphatic rings. The number of nitrogens with zero attached hydrogens (tertiary/aromatic N) is 2. The third-order valence-corrected chi connectivity index (χ3v) is 6.13. The monoisotopic (exact) mass is 454 g/mol. The summed E-state index contributed by atoms with van der Waals surface area (Å²) < 4.78 is 38.4. The molecule has 1 aliphatic heterocycles. The average Bonchev–Trinajstić information content (AvgIpc) is 3.32. The van der Waals surface area contributed by atoms with Crippen LogP contribution < -0.4 is 14.8 Å². The van der Waals surface area contributed by atoms with Crippen LogP contribution in [-0.4, -0.2) is 43.6 Å². The minimum Gasteiger partial charge on any atom is -0.491 e. The third kappa shape index (κ3) is 5.59. The molecule has 1 fully saturated rings. The number of ether oxygens (including phenoxy) is 2. The molecule has 0 saturated carbocycles. The molecule has 0 radical (unpaired) electrons. The molecular formula is C22H22N4O5S. The van der Waals surface area contributed by atoms with Gasteiger partial charge >= 0.3 is 0 Å². The molecule has 1 aromatic heterocycles. The molecule has 2 aromatic carbocycles. The summed E-state index contributed by atoms with van der Waals surface area (Å²) in [5.74, 6) is 0.330. The number of rotatable bonds is 8. The molecule has 2 N–H and O–H groups in total. The minimum absolute atomic E-state index is 0.0203. The van der Waals surface area contributed by atoms with Crippen LogP contribution >= 0.6 is 0 Å². The number of amides is 1. The van der Waals surface area contributed by atoms with Gasteiger partial charge in [0.25, 0.3) is 15.9 Å². The van der Waals surface area contributed by atoms with Gasteiger partial charge in [0.2, 0.25) is 5.95 Å². The summed E-state index contributed by atoms with van der Waals surface area (Å²) in [5, 5.41) is 2.74. The number of anilines is 2. The molecular weight excluding hydrogens is 432 g/mol. The lowest BCUT2D eigenvalue weighted by Crippen LogP contribution is -2.16. The number of benzene rings is 2. The molecule has 0 aliphatic carbocycles. The normalized spacial score (nSPS) is 15.8. The number of hydrogen-bond donors (Lipinski definition) is 2. The number of carbonyl (C=O) groups excluding carboxylic acids is 1. The van der Waals surface area contributed by atoms with Crippen molar-refractivity contribution in [1.82, 2.24) is 9.97 Å². The fourth-order valence-electron chi connectivity index (χ4n) is 3.12. The van der Waals surface area contributed by atoms with Gasteiger partial charge in [-0.15, -0.1) is 0 Å². The van der Waals surface area contributed by atoms with Crippen molar-refractivity contribution in [2.24, 2.45) is 0 Å². The van der Waals surface area contributed by atoms with Gasteiger partial charge in [-0.1, -0.05) is 0 Å². The summed E-state index contributed by atoms with van der Waals surface area (Å²) >= 11 is 0. The fraction of sp³-hybridized carbons (Fsp3) is 0.227. The SMILES string of the molecule is O=C(Nc1ccc(S(=O)(=O)Nc2ncccn2)cc1)c1ccc(OC[C@H]2CCCO2)cc1.